The Morgan fingerprint density at radius 3 is 2.56 bits per heavy atom. The molecule has 3 rings (SSSR count). The monoisotopic (exact) mass is 436 g/mol. The molecule has 2 aromatic carbocycles. The van der Waals surface area contributed by atoms with E-state index in [9.17, 15) is 9.59 Å². The smallest absolute Gasteiger partial charge is 0.303 e. The van der Waals surface area contributed by atoms with Crippen LogP contribution < -0.4 is 10.1 Å². The molecule has 0 atom stereocenters. The molecule has 2 N–H and O–H groups in total. The highest BCUT2D eigenvalue weighted by Gasteiger charge is 2.14. The highest BCUT2D eigenvalue weighted by Crippen LogP contribution is 2.27. The quantitative estimate of drug-likeness (QED) is 0.328. The first-order valence-electron chi connectivity index (χ1n) is 11.4. The second-order valence-corrected chi connectivity index (χ2v) is 8.06. The van der Waals surface area contributed by atoms with Gasteiger partial charge in [0.25, 0.3) is 5.91 Å². The van der Waals surface area contributed by atoms with Crippen LogP contribution in [0.4, 0.5) is 5.69 Å². The van der Waals surface area contributed by atoms with E-state index in [0.29, 0.717) is 36.1 Å². The summed E-state index contributed by atoms with van der Waals surface area (Å²) in [6, 6.07) is 15.5. The molecule has 0 bridgehead atoms. The van der Waals surface area contributed by atoms with Crippen molar-refractivity contribution in [2.24, 2.45) is 0 Å². The second-order valence-electron chi connectivity index (χ2n) is 8.06. The Bertz CT molecular complexity index is 1050. The van der Waals surface area contributed by atoms with E-state index in [1.807, 2.05) is 18.2 Å². The number of carboxylic acid groups (broad SMARTS) is 1. The number of carbonyl (C=O) groups excluding carboxylic acids is 1. The molecule has 0 saturated carbocycles. The van der Waals surface area contributed by atoms with Crippen LogP contribution in [0.5, 0.6) is 5.75 Å². The number of ether oxygens (including phenoxy) is 1. The van der Waals surface area contributed by atoms with E-state index in [2.05, 4.69) is 36.0 Å². The lowest BCUT2D eigenvalue weighted by Crippen LogP contribution is -2.12. The molecule has 0 unspecified atom stereocenters. The fourth-order valence-corrected chi connectivity index (χ4v) is 3.99. The first kappa shape index (κ1) is 23.4. The number of aliphatic carboxylic acids is 1. The van der Waals surface area contributed by atoms with E-state index < -0.39 is 5.97 Å². The zero-order valence-electron chi connectivity index (χ0n) is 18.8. The van der Waals surface area contributed by atoms with Gasteiger partial charge in [0.2, 0.25) is 0 Å². The zero-order valence-corrected chi connectivity index (χ0v) is 18.8. The second kappa shape index (κ2) is 11.4. The average Bonchev–Trinajstić information content (AvgIpc) is 3.20. The molecule has 1 heterocycles. The number of amides is 1. The number of aromatic nitrogens is 1. The van der Waals surface area contributed by atoms with Crippen LogP contribution >= 0.6 is 0 Å². The molecule has 1 aromatic heterocycles. The Balaban J connectivity index is 1.68. The third-order valence-corrected chi connectivity index (χ3v) is 5.52. The Labute approximate surface area is 189 Å². The van der Waals surface area contributed by atoms with Crippen LogP contribution in [0.2, 0.25) is 0 Å². The van der Waals surface area contributed by atoms with E-state index in [4.69, 9.17) is 9.84 Å². The summed E-state index contributed by atoms with van der Waals surface area (Å²) >= 11 is 0. The predicted octanol–water partition coefficient (Wildman–Crippen LogP) is 6.28. The maximum Gasteiger partial charge on any atom is 0.303 e. The summed E-state index contributed by atoms with van der Waals surface area (Å²) in [7, 11) is 0. The van der Waals surface area contributed by atoms with Crippen molar-refractivity contribution in [3.63, 3.8) is 0 Å². The highest BCUT2D eigenvalue weighted by molar-refractivity contribution is 6.06. The van der Waals surface area contributed by atoms with Crippen LogP contribution in [0.15, 0.2) is 54.7 Å². The summed E-state index contributed by atoms with van der Waals surface area (Å²) in [6.45, 7) is 4.74. The van der Waals surface area contributed by atoms with Crippen LogP contribution in [-0.2, 0) is 4.79 Å². The molecule has 0 aliphatic rings. The van der Waals surface area contributed by atoms with Crippen molar-refractivity contribution in [3.8, 4) is 5.75 Å². The molecule has 6 nitrogen and oxygen atoms in total. The van der Waals surface area contributed by atoms with Crippen molar-refractivity contribution < 1.29 is 19.4 Å². The fourth-order valence-electron chi connectivity index (χ4n) is 3.99. The van der Waals surface area contributed by atoms with E-state index in [-0.39, 0.29) is 12.3 Å². The van der Waals surface area contributed by atoms with Crippen molar-refractivity contribution in [2.45, 2.75) is 58.4 Å². The molecule has 32 heavy (non-hydrogen) atoms. The number of nitrogens with one attached hydrogen (secondary N) is 1. The van der Waals surface area contributed by atoms with Crippen LogP contribution in [0.25, 0.3) is 10.9 Å². The predicted molar refractivity (Wildman–Crippen MR) is 128 cm³/mol. The number of hydrogen-bond acceptors (Lipinski definition) is 3. The Kier molecular flexibility index (Phi) is 8.31. The standard InChI is InChI=1S/C26H32N2O4/c1-3-7-22(8-4-2)28-15-14-19-17-20(12-13-24(19)28)26(31)27-21-9-5-10-23(18-21)32-16-6-11-25(29)30/h5,9-10,12-15,17-18,22H,3-4,6-8,11,16H2,1-2H3,(H,27,31)(H,29,30). The zero-order chi connectivity index (χ0) is 22.9. The Morgan fingerprint density at radius 2 is 1.84 bits per heavy atom. The molecule has 1 amide bonds. The van der Waals surface area contributed by atoms with E-state index in [0.717, 1.165) is 36.6 Å². The molecule has 6 heteroatoms. The molecule has 0 saturated heterocycles. The van der Waals surface area contributed by atoms with E-state index >= 15 is 0 Å². The summed E-state index contributed by atoms with van der Waals surface area (Å²) in [6.07, 6.45) is 7.22. The minimum absolute atomic E-state index is 0.0677. The molecular weight excluding hydrogens is 404 g/mol. The summed E-state index contributed by atoms with van der Waals surface area (Å²) < 4.78 is 7.93. The first-order valence-corrected chi connectivity index (χ1v) is 11.4. The number of rotatable bonds is 12. The molecular formula is C26H32N2O4. The highest BCUT2D eigenvalue weighted by atomic mass is 16.5. The normalized spacial score (nSPS) is 11.1. The lowest BCUT2D eigenvalue weighted by molar-refractivity contribution is -0.137. The van der Waals surface area contributed by atoms with E-state index in [1.165, 1.54) is 0 Å². The van der Waals surface area contributed by atoms with Gasteiger partial charge in [0.05, 0.1) is 6.61 Å². The average molecular weight is 437 g/mol. The molecule has 170 valence electrons. The van der Waals surface area contributed by atoms with Gasteiger partial charge in [-0.2, -0.15) is 0 Å². The van der Waals surface area contributed by atoms with Crippen LogP contribution in [0.3, 0.4) is 0 Å². The number of carbonyl (C=O) groups is 2. The molecule has 0 radical (unpaired) electrons. The van der Waals surface area contributed by atoms with Gasteiger partial charge >= 0.3 is 5.97 Å². The van der Waals surface area contributed by atoms with Gasteiger partial charge in [-0.3, -0.25) is 9.59 Å². The van der Waals surface area contributed by atoms with Gasteiger partial charge in [0.1, 0.15) is 5.75 Å². The molecule has 0 aliphatic heterocycles. The largest absolute Gasteiger partial charge is 0.494 e. The maximum atomic E-state index is 12.8. The van der Waals surface area contributed by atoms with Gasteiger partial charge in [-0.05, 0) is 55.7 Å². The number of benzene rings is 2. The third-order valence-electron chi connectivity index (χ3n) is 5.52. The minimum atomic E-state index is -0.840. The van der Waals surface area contributed by atoms with Crippen molar-refractivity contribution in [1.29, 1.82) is 0 Å². The van der Waals surface area contributed by atoms with Gasteiger partial charge in [0.15, 0.2) is 0 Å². The Hall–Kier alpha value is -3.28. The number of carboxylic acids is 1. The molecule has 0 spiro atoms. The van der Waals surface area contributed by atoms with Gasteiger partial charge in [-0.15, -0.1) is 0 Å². The fraction of sp³-hybridized carbons (Fsp3) is 0.385. The van der Waals surface area contributed by atoms with Crippen molar-refractivity contribution in [1.82, 2.24) is 4.57 Å². The van der Waals surface area contributed by atoms with Gasteiger partial charge in [-0.25, -0.2) is 0 Å². The number of hydrogen-bond donors (Lipinski definition) is 2. The van der Waals surface area contributed by atoms with Crippen LogP contribution in [0, 0.1) is 0 Å². The maximum absolute atomic E-state index is 12.8. The van der Waals surface area contributed by atoms with Crippen molar-refractivity contribution in [3.05, 3.63) is 60.3 Å². The summed E-state index contributed by atoms with van der Waals surface area (Å²) in [4.78, 5) is 23.4. The van der Waals surface area contributed by atoms with Crippen molar-refractivity contribution >= 4 is 28.5 Å². The lowest BCUT2D eigenvalue weighted by atomic mass is 10.1. The molecule has 0 fully saturated rings. The van der Waals surface area contributed by atoms with Gasteiger partial charge in [0, 0.05) is 46.9 Å². The minimum Gasteiger partial charge on any atom is -0.494 e. The van der Waals surface area contributed by atoms with E-state index in [1.54, 1.807) is 24.3 Å². The number of anilines is 1. The van der Waals surface area contributed by atoms with Gasteiger partial charge in [-0.1, -0.05) is 32.8 Å². The lowest BCUT2D eigenvalue weighted by Gasteiger charge is -2.19. The summed E-state index contributed by atoms with van der Waals surface area (Å²) in [5.41, 5.74) is 2.39. The van der Waals surface area contributed by atoms with Gasteiger partial charge < -0.3 is 19.7 Å². The summed E-state index contributed by atoms with van der Waals surface area (Å²) in [5, 5.41) is 12.7. The summed E-state index contributed by atoms with van der Waals surface area (Å²) in [5.74, 6) is -0.423. The van der Waals surface area contributed by atoms with Crippen molar-refractivity contribution in [2.75, 3.05) is 11.9 Å². The third kappa shape index (κ3) is 6.13. The molecule has 3 aromatic rings. The molecule has 0 aliphatic carbocycles. The Morgan fingerprint density at radius 1 is 1.06 bits per heavy atom. The SMILES string of the molecule is CCCC(CCC)n1ccc2cc(C(=O)Nc3cccc(OCCCC(=O)O)c3)ccc21. The topological polar surface area (TPSA) is 80.6 Å². The number of fused-ring (bicyclic) bond motifs is 1. The van der Waals surface area contributed by atoms with Crippen LogP contribution in [0.1, 0.15) is 68.8 Å². The van der Waals surface area contributed by atoms with Crippen LogP contribution in [-0.4, -0.2) is 28.2 Å². The first-order chi connectivity index (χ1) is 15.5. The number of nitrogens with zero attached hydrogens (tertiary/aromatic N) is 1.